The van der Waals surface area contributed by atoms with Gasteiger partial charge in [-0.3, -0.25) is 4.98 Å². The highest BCUT2D eigenvalue weighted by molar-refractivity contribution is 6.31. The Morgan fingerprint density at radius 2 is 1.88 bits per heavy atom. The Morgan fingerprint density at radius 1 is 1.18 bits per heavy atom. The third-order valence-electron chi connectivity index (χ3n) is 2.87. The zero-order chi connectivity index (χ0) is 12.5. The van der Waals surface area contributed by atoms with Gasteiger partial charge in [0.25, 0.3) is 0 Å². The van der Waals surface area contributed by atoms with Crippen molar-refractivity contribution in [2.24, 2.45) is 0 Å². The van der Waals surface area contributed by atoms with E-state index < -0.39 is 5.60 Å². The second kappa shape index (κ2) is 4.47. The summed E-state index contributed by atoms with van der Waals surface area (Å²) in [4.78, 5) is 4.20. The molecule has 0 aliphatic carbocycles. The first kappa shape index (κ1) is 12.1. The maximum absolute atomic E-state index is 10.6. The summed E-state index contributed by atoms with van der Waals surface area (Å²) in [5.74, 6) is 0. The van der Waals surface area contributed by atoms with Crippen molar-refractivity contribution in [3.8, 4) is 0 Å². The SMILES string of the molecule is Cc1ccc(C(C)(O)c2ccccc2Cl)cn1. The number of halogens is 1. The molecule has 1 aromatic carbocycles. The Labute approximate surface area is 106 Å². The lowest BCUT2D eigenvalue weighted by atomic mass is 9.89. The lowest BCUT2D eigenvalue weighted by molar-refractivity contribution is 0.102. The molecule has 88 valence electrons. The highest BCUT2D eigenvalue weighted by atomic mass is 35.5. The van der Waals surface area contributed by atoms with Crippen LogP contribution in [0.4, 0.5) is 0 Å². The Bertz CT molecular complexity index is 520. The molecular weight excluding hydrogens is 234 g/mol. The van der Waals surface area contributed by atoms with Crippen molar-refractivity contribution >= 4 is 11.6 Å². The summed E-state index contributed by atoms with van der Waals surface area (Å²) in [5, 5.41) is 11.2. The lowest BCUT2D eigenvalue weighted by Crippen LogP contribution is -2.23. The van der Waals surface area contributed by atoms with Crippen LogP contribution < -0.4 is 0 Å². The number of hydrogen-bond acceptors (Lipinski definition) is 2. The van der Waals surface area contributed by atoms with Crippen LogP contribution in [0.5, 0.6) is 0 Å². The molecule has 0 aliphatic rings. The number of rotatable bonds is 2. The summed E-state index contributed by atoms with van der Waals surface area (Å²) in [6, 6.07) is 11.0. The van der Waals surface area contributed by atoms with E-state index in [4.69, 9.17) is 11.6 Å². The number of aryl methyl sites for hydroxylation is 1. The average Bonchev–Trinajstić information content (AvgIpc) is 2.30. The van der Waals surface area contributed by atoms with Crippen LogP contribution in [0.3, 0.4) is 0 Å². The number of aliphatic hydroxyl groups is 1. The van der Waals surface area contributed by atoms with Crippen LogP contribution in [0.15, 0.2) is 42.6 Å². The molecule has 1 atom stereocenters. The van der Waals surface area contributed by atoms with Crippen molar-refractivity contribution in [1.29, 1.82) is 0 Å². The summed E-state index contributed by atoms with van der Waals surface area (Å²) in [7, 11) is 0. The zero-order valence-corrected chi connectivity index (χ0v) is 10.6. The van der Waals surface area contributed by atoms with Crippen LogP contribution in [-0.2, 0) is 5.60 Å². The van der Waals surface area contributed by atoms with E-state index in [0.717, 1.165) is 11.3 Å². The monoisotopic (exact) mass is 247 g/mol. The number of benzene rings is 1. The summed E-state index contributed by atoms with van der Waals surface area (Å²) in [6.45, 7) is 3.63. The van der Waals surface area contributed by atoms with E-state index in [1.807, 2.05) is 37.3 Å². The Kier molecular flexibility index (Phi) is 3.18. The molecule has 1 N–H and O–H groups in total. The fourth-order valence-corrected chi connectivity index (χ4v) is 2.09. The van der Waals surface area contributed by atoms with Crippen LogP contribution >= 0.6 is 11.6 Å². The minimum Gasteiger partial charge on any atom is -0.381 e. The van der Waals surface area contributed by atoms with Crippen LogP contribution in [0.1, 0.15) is 23.7 Å². The van der Waals surface area contributed by atoms with Gasteiger partial charge in [-0.1, -0.05) is 35.9 Å². The summed E-state index contributed by atoms with van der Waals surface area (Å²) in [6.07, 6.45) is 1.68. The van der Waals surface area contributed by atoms with Gasteiger partial charge in [0.2, 0.25) is 0 Å². The molecule has 1 unspecified atom stereocenters. The molecule has 17 heavy (non-hydrogen) atoms. The second-order valence-electron chi connectivity index (χ2n) is 4.24. The normalized spacial score (nSPS) is 14.4. The van der Waals surface area contributed by atoms with Crippen molar-refractivity contribution in [2.75, 3.05) is 0 Å². The van der Waals surface area contributed by atoms with Crippen molar-refractivity contribution in [2.45, 2.75) is 19.4 Å². The van der Waals surface area contributed by atoms with Crippen molar-refractivity contribution in [3.05, 3.63) is 64.4 Å². The Morgan fingerprint density at radius 3 is 2.47 bits per heavy atom. The van der Waals surface area contributed by atoms with E-state index in [-0.39, 0.29) is 0 Å². The quantitative estimate of drug-likeness (QED) is 0.883. The molecule has 0 saturated heterocycles. The molecule has 2 nitrogen and oxygen atoms in total. The molecule has 0 saturated carbocycles. The first-order valence-electron chi connectivity index (χ1n) is 5.42. The molecule has 0 fully saturated rings. The van der Waals surface area contributed by atoms with E-state index in [2.05, 4.69) is 4.98 Å². The van der Waals surface area contributed by atoms with E-state index in [9.17, 15) is 5.11 Å². The van der Waals surface area contributed by atoms with Crippen LogP contribution in [-0.4, -0.2) is 10.1 Å². The summed E-state index contributed by atoms with van der Waals surface area (Å²) >= 11 is 6.11. The smallest absolute Gasteiger partial charge is 0.115 e. The van der Waals surface area contributed by atoms with Crippen LogP contribution in [0.2, 0.25) is 5.02 Å². The van der Waals surface area contributed by atoms with Crippen molar-refractivity contribution < 1.29 is 5.11 Å². The Hall–Kier alpha value is -1.38. The first-order valence-corrected chi connectivity index (χ1v) is 5.80. The van der Waals surface area contributed by atoms with E-state index in [0.29, 0.717) is 10.6 Å². The standard InChI is InChI=1S/C14H14ClNO/c1-10-7-8-11(9-16-10)14(2,17)12-5-3-4-6-13(12)15/h3-9,17H,1-2H3. The van der Waals surface area contributed by atoms with Gasteiger partial charge < -0.3 is 5.11 Å². The number of pyridine rings is 1. The molecule has 1 aromatic heterocycles. The molecule has 0 bridgehead atoms. The molecule has 3 heteroatoms. The number of hydrogen-bond donors (Lipinski definition) is 1. The van der Waals surface area contributed by atoms with Gasteiger partial charge in [-0.05, 0) is 26.0 Å². The molecule has 0 spiro atoms. The van der Waals surface area contributed by atoms with Gasteiger partial charge in [0, 0.05) is 28.0 Å². The summed E-state index contributed by atoms with van der Waals surface area (Å²) < 4.78 is 0. The maximum atomic E-state index is 10.6. The van der Waals surface area contributed by atoms with Gasteiger partial charge in [-0.2, -0.15) is 0 Å². The van der Waals surface area contributed by atoms with E-state index in [1.54, 1.807) is 19.2 Å². The zero-order valence-electron chi connectivity index (χ0n) is 9.81. The summed E-state index contributed by atoms with van der Waals surface area (Å²) in [5.41, 5.74) is 1.21. The second-order valence-corrected chi connectivity index (χ2v) is 4.65. The van der Waals surface area contributed by atoms with Gasteiger partial charge in [-0.15, -0.1) is 0 Å². The third kappa shape index (κ3) is 2.33. The predicted molar refractivity (Wildman–Crippen MR) is 69.1 cm³/mol. The molecule has 0 aliphatic heterocycles. The van der Waals surface area contributed by atoms with E-state index in [1.165, 1.54) is 0 Å². The molecular formula is C14H14ClNO. The largest absolute Gasteiger partial charge is 0.381 e. The minimum atomic E-state index is -1.13. The van der Waals surface area contributed by atoms with Gasteiger partial charge in [0.1, 0.15) is 5.60 Å². The molecule has 1 heterocycles. The number of nitrogens with zero attached hydrogens (tertiary/aromatic N) is 1. The molecule has 2 aromatic rings. The van der Waals surface area contributed by atoms with E-state index >= 15 is 0 Å². The van der Waals surface area contributed by atoms with Crippen LogP contribution in [0.25, 0.3) is 0 Å². The first-order chi connectivity index (χ1) is 8.01. The van der Waals surface area contributed by atoms with Gasteiger partial charge in [-0.25, -0.2) is 0 Å². The van der Waals surface area contributed by atoms with Gasteiger partial charge in [0.05, 0.1) is 0 Å². The predicted octanol–water partition coefficient (Wildman–Crippen LogP) is 3.30. The highest BCUT2D eigenvalue weighted by Gasteiger charge is 2.27. The highest BCUT2D eigenvalue weighted by Crippen LogP contribution is 2.33. The van der Waals surface area contributed by atoms with Crippen LogP contribution in [0, 0.1) is 6.92 Å². The number of aromatic nitrogens is 1. The lowest BCUT2D eigenvalue weighted by Gasteiger charge is -2.25. The third-order valence-corrected chi connectivity index (χ3v) is 3.20. The average molecular weight is 248 g/mol. The fourth-order valence-electron chi connectivity index (χ4n) is 1.77. The molecule has 0 amide bonds. The Balaban J connectivity index is 2.49. The maximum Gasteiger partial charge on any atom is 0.115 e. The van der Waals surface area contributed by atoms with Crippen molar-refractivity contribution in [3.63, 3.8) is 0 Å². The van der Waals surface area contributed by atoms with Gasteiger partial charge in [0.15, 0.2) is 0 Å². The topological polar surface area (TPSA) is 33.1 Å². The molecule has 0 radical (unpaired) electrons. The minimum absolute atomic E-state index is 0.554. The van der Waals surface area contributed by atoms with Crippen molar-refractivity contribution in [1.82, 2.24) is 4.98 Å². The fraction of sp³-hybridized carbons (Fsp3) is 0.214. The molecule has 2 rings (SSSR count). The van der Waals surface area contributed by atoms with Gasteiger partial charge >= 0.3 is 0 Å².